The van der Waals surface area contributed by atoms with Crippen molar-refractivity contribution >= 4 is 71.1 Å². The number of anilines is 3. The summed E-state index contributed by atoms with van der Waals surface area (Å²) >= 11 is -0.931. The molecule has 0 saturated carbocycles. The number of hydrogen-bond acceptors (Lipinski definition) is 15. The summed E-state index contributed by atoms with van der Waals surface area (Å²) in [4.78, 5) is 36.6. The first kappa shape index (κ1) is 78.8. The molecule has 0 spiro atoms. The van der Waals surface area contributed by atoms with Gasteiger partial charge in [0.15, 0.2) is 0 Å². The molecule has 0 fully saturated rings. The number of alkyl halides is 12. The second kappa shape index (κ2) is 37.3. The van der Waals surface area contributed by atoms with E-state index in [0.29, 0.717) is 29.5 Å². The van der Waals surface area contributed by atoms with Gasteiger partial charge < -0.3 is 27.1 Å². The van der Waals surface area contributed by atoms with Gasteiger partial charge in [-0.15, -0.1) is 15.3 Å². The van der Waals surface area contributed by atoms with Gasteiger partial charge in [0.05, 0.1) is 5.56 Å². The van der Waals surface area contributed by atoms with Crippen molar-refractivity contribution in [2.24, 2.45) is 0 Å². The molecule has 0 aliphatic rings. The second-order valence-corrected chi connectivity index (χ2v) is 20.4. The Hall–Kier alpha value is -6.43. The fourth-order valence-electron chi connectivity index (χ4n) is 7.08. The van der Waals surface area contributed by atoms with Gasteiger partial charge in [-0.3, -0.25) is 30.3 Å². The topological polar surface area (TPSA) is 204 Å². The number of hydrogen-bond donors (Lipinski definition) is 3. The zero-order valence-corrected chi connectivity index (χ0v) is 56.3. The van der Waals surface area contributed by atoms with Crippen molar-refractivity contribution in [1.82, 2.24) is 30.6 Å². The number of amides is 3. The van der Waals surface area contributed by atoms with Gasteiger partial charge in [0.25, 0.3) is 17.7 Å². The van der Waals surface area contributed by atoms with Crippen molar-refractivity contribution in [3.8, 4) is 34.4 Å². The van der Waals surface area contributed by atoms with E-state index < -0.39 is 46.0 Å². The number of aromatic nitrogens is 6. The Morgan fingerprint density at radius 1 is 0.407 bits per heavy atom. The number of carbonyl (C=O) groups is 3. The van der Waals surface area contributed by atoms with Gasteiger partial charge in [-0.1, -0.05) is 104 Å². The van der Waals surface area contributed by atoms with Gasteiger partial charge in [-0.2, -0.15) is 65.5 Å². The molecule has 0 unspecified atom stereocenters. The molecule has 9 rings (SSSR count). The quantitative estimate of drug-likeness (QED) is 0.0468. The van der Waals surface area contributed by atoms with Crippen LogP contribution in [0.5, 0.6) is 0 Å². The average molecular weight is 1480 g/mol. The van der Waals surface area contributed by atoms with Crippen molar-refractivity contribution in [1.29, 1.82) is 0 Å². The standard InChI is InChI=1S/2C19H15F3N3O2S.C17H9F6N3O2S.2C2H6.2Y/c1-2-6-12-9-14(11-15(10-12)28-19(20,21)22)16(26)23-18-25-24-17(27-18)13-7-4-3-5-8-13;1-2-4-12-7-9-13(10-8-12)17-24-25-18(27-17)23-16(26)14-5-3-6-15(11-14)28-19(20,21)22;18-16(19,20)11-6-4-9(5-7-11)14-25-26-15(28-14)24-13(27)10-2-1-3-12(8-10)29-17(21,22)23;2*1-2;;/h3-5,7-11H,1-2,6H2,(H,23,25,26);3,5-11H,1-2,4H2,(H,23,25,26);1-8H,(H,24,26,27);2*1-2H3;;/q2*-1;;;;;. The molecule has 15 nitrogen and oxygen atoms in total. The number of carbonyl (C=O) groups excluding carboxylic acids is 3. The molecule has 0 aliphatic carbocycles. The van der Waals surface area contributed by atoms with Crippen molar-refractivity contribution in [2.45, 2.75) is 90.8 Å². The van der Waals surface area contributed by atoms with Crippen molar-refractivity contribution in [3.63, 3.8) is 0 Å². The Labute approximate surface area is 576 Å². The summed E-state index contributed by atoms with van der Waals surface area (Å²) in [6.45, 7) is 15.5. The van der Waals surface area contributed by atoms with E-state index in [1.807, 2.05) is 58.0 Å². The van der Waals surface area contributed by atoms with Crippen LogP contribution in [0, 0.1) is 13.8 Å². The van der Waals surface area contributed by atoms with E-state index in [-0.39, 0.29) is 173 Å². The fourth-order valence-corrected chi connectivity index (χ4v) is 8.94. The molecule has 6 aromatic carbocycles. The third kappa shape index (κ3) is 27.0. The summed E-state index contributed by atoms with van der Waals surface area (Å²) in [7, 11) is 0. The molecule has 3 N–H and O–H groups in total. The Morgan fingerprint density at radius 3 is 1.14 bits per heavy atom. The molecule has 0 saturated heterocycles. The summed E-state index contributed by atoms with van der Waals surface area (Å²) in [5.41, 5.74) is -10.9. The van der Waals surface area contributed by atoms with E-state index in [1.165, 1.54) is 54.6 Å². The normalized spacial score (nSPS) is 11.0. The predicted molar refractivity (Wildman–Crippen MR) is 313 cm³/mol. The van der Waals surface area contributed by atoms with Gasteiger partial charge >= 0.3 is 40.7 Å². The number of rotatable bonds is 16. The van der Waals surface area contributed by atoms with Gasteiger partial charge in [-0.05, 0) is 144 Å². The van der Waals surface area contributed by atoms with E-state index in [1.54, 1.807) is 24.3 Å². The van der Waals surface area contributed by atoms with Crippen LogP contribution >= 0.6 is 35.3 Å². The van der Waals surface area contributed by atoms with Crippen molar-refractivity contribution in [3.05, 3.63) is 193 Å². The average Bonchev–Trinajstić information content (AvgIpc) is 2.91. The molecule has 3 heterocycles. The summed E-state index contributed by atoms with van der Waals surface area (Å²) in [5, 5.41) is 29.5. The third-order valence-electron chi connectivity index (χ3n) is 10.7. The molecule has 32 heteroatoms. The zero-order valence-electron chi connectivity index (χ0n) is 48.1. The van der Waals surface area contributed by atoms with Crippen molar-refractivity contribution in [2.75, 3.05) is 16.0 Å². The minimum Gasteiger partial charge on any atom is -0.403 e. The first-order valence-corrected chi connectivity index (χ1v) is 28.6. The Morgan fingerprint density at radius 2 is 0.758 bits per heavy atom. The smallest absolute Gasteiger partial charge is 0.403 e. The number of halogens is 12. The van der Waals surface area contributed by atoms with Gasteiger partial charge in [0, 0.05) is 113 Å². The zero-order chi connectivity index (χ0) is 65.5. The van der Waals surface area contributed by atoms with Crippen LogP contribution in [-0.4, -0.2) is 64.8 Å². The van der Waals surface area contributed by atoms with Crippen LogP contribution < -0.4 is 16.0 Å². The largest absolute Gasteiger partial charge is 0.446 e. The fraction of sp³-hybridized carbons (Fsp3) is 0.203. The molecular weight excluding hydrogens is 1430 g/mol. The Balaban J connectivity index is 0.000000343. The van der Waals surface area contributed by atoms with E-state index in [9.17, 15) is 67.1 Å². The maximum Gasteiger partial charge on any atom is 0.446 e. The number of thioether (sulfide) groups is 3. The van der Waals surface area contributed by atoms with Crippen LogP contribution in [0.15, 0.2) is 174 Å². The van der Waals surface area contributed by atoms with Gasteiger partial charge in [0.2, 0.25) is 17.7 Å². The maximum absolute atomic E-state index is 12.7. The number of nitrogens with one attached hydrogen (secondary N) is 3. The minimum atomic E-state index is -4.50. The van der Waals surface area contributed by atoms with Crippen LogP contribution in [0.4, 0.5) is 70.7 Å². The molecule has 0 aliphatic heterocycles. The molecular formula is C59H51F12N9O6S3Y2-2. The monoisotopic (exact) mass is 1480 g/mol. The molecule has 0 bridgehead atoms. The summed E-state index contributed by atoms with van der Waals surface area (Å²) in [6, 6.07) is 33.8. The van der Waals surface area contributed by atoms with Crippen molar-refractivity contribution < 1.29 is 146 Å². The van der Waals surface area contributed by atoms with Gasteiger partial charge in [-0.25, -0.2) is 0 Å². The Kier molecular flexibility index (Phi) is 32.3. The number of benzene rings is 6. The SMILES string of the molecule is CC.CC.O=C(Nc1nnc(-c2ccc(C(F)(F)F)cc2)o1)c1cccc(SC(F)(F)F)c1.[CH2-]CCc1cc(SC(F)(F)F)cc(C(=O)Nc2nnc(-c3ccccc3)o2)c1.[CH2-]CCc1ccc(-c2nnc(NC(=O)c3cccc(SC(F)(F)F)c3)o2)cc1.[Y].[Y]. The van der Waals surface area contributed by atoms with Crippen LogP contribution in [0.3, 0.4) is 0 Å². The van der Waals surface area contributed by atoms with Crippen LogP contribution in [0.25, 0.3) is 34.4 Å². The molecule has 478 valence electrons. The maximum atomic E-state index is 12.7. The number of aryl methyl sites for hydroxylation is 2. The van der Waals surface area contributed by atoms with E-state index >= 15 is 0 Å². The first-order valence-electron chi connectivity index (χ1n) is 26.2. The van der Waals surface area contributed by atoms with Crippen LogP contribution in [0.2, 0.25) is 0 Å². The number of nitrogens with zero attached hydrogens (tertiary/aromatic N) is 6. The molecule has 2 radical (unpaired) electrons. The molecule has 0 atom stereocenters. The second-order valence-electron chi connectivity index (χ2n) is 17.0. The molecule has 3 aromatic heterocycles. The Bertz CT molecular complexity index is 3710. The van der Waals surface area contributed by atoms with E-state index in [4.69, 9.17) is 13.3 Å². The van der Waals surface area contributed by atoms with Gasteiger partial charge in [0.1, 0.15) is 0 Å². The van der Waals surface area contributed by atoms with E-state index in [0.717, 1.165) is 54.8 Å². The molecule has 3 amide bonds. The summed E-state index contributed by atoms with van der Waals surface area (Å²) in [5.74, 6) is -1.79. The minimum absolute atomic E-state index is 0. The predicted octanol–water partition coefficient (Wildman–Crippen LogP) is 18.4. The summed E-state index contributed by atoms with van der Waals surface area (Å²) in [6.07, 6.45) is -1.90. The molecule has 9 aromatic rings. The molecule has 91 heavy (non-hydrogen) atoms. The van der Waals surface area contributed by atoms with Crippen LogP contribution in [-0.2, 0) is 84.4 Å². The summed E-state index contributed by atoms with van der Waals surface area (Å²) < 4.78 is 167. The third-order valence-corrected chi connectivity index (χ3v) is 12.8. The first-order chi connectivity index (χ1) is 42.2. The van der Waals surface area contributed by atoms with E-state index in [2.05, 4.69) is 60.4 Å². The van der Waals surface area contributed by atoms with Crippen LogP contribution in [0.1, 0.15) is 88.3 Å².